The Morgan fingerprint density at radius 3 is 1.44 bits per heavy atom. The van der Waals surface area contributed by atoms with E-state index in [1.165, 1.54) is 11.1 Å². The van der Waals surface area contributed by atoms with Crippen molar-refractivity contribution in [2.45, 2.75) is 26.7 Å². The van der Waals surface area contributed by atoms with Gasteiger partial charge in [0.25, 0.3) is 0 Å². The molecular weight excluding hydrogens is 467 g/mol. The number of benzene rings is 2. The molecule has 0 radical (unpaired) electrons. The molecule has 0 amide bonds. The minimum atomic E-state index is -3.37. The molecule has 0 heterocycles. The summed E-state index contributed by atoms with van der Waals surface area (Å²) in [5.41, 5.74) is 2.90. The first kappa shape index (κ1) is 16.7. The quantitative estimate of drug-likeness (QED) is 0.523. The number of hydrogen-bond donors (Lipinski definition) is 0. The Bertz CT molecular complexity index is 847. The van der Waals surface area contributed by atoms with Gasteiger partial charge in [-0.1, -0.05) is 0 Å². The SMILES string of the molecule is Cc1cccc[c]1[Hf]([C]1=CC=CC1)([C]1=CC=CC1)[c]1ccccc1C. The van der Waals surface area contributed by atoms with E-state index >= 15 is 0 Å². The molecule has 0 spiro atoms. The molecule has 0 nitrogen and oxygen atoms in total. The zero-order valence-electron chi connectivity index (χ0n) is 15.0. The normalized spacial score (nSPS) is 16.2. The Morgan fingerprint density at radius 1 is 0.640 bits per heavy atom. The first-order valence-electron chi connectivity index (χ1n) is 9.09. The third-order valence-electron chi connectivity index (χ3n) is 5.60. The van der Waals surface area contributed by atoms with Crippen molar-refractivity contribution in [2.24, 2.45) is 0 Å². The number of rotatable bonds is 4. The zero-order chi connectivity index (χ0) is 17.3. The van der Waals surface area contributed by atoms with Crippen molar-refractivity contribution < 1.29 is 20.0 Å². The van der Waals surface area contributed by atoms with Crippen molar-refractivity contribution >= 4 is 6.64 Å². The Hall–Kier alpha value is -1.73. The maximum atomic E-state index is 2.43. The molecule has 1 heteroatoms. The predicted octanol–water partition coefficient (Wildman–Crippen LogP) is 5.10. The van der Waals surface area contributed by atoms with Crippen molar-refractivity contribution in [1.82, 2.24) is 0 Å². The van der Waals surface area contributed by atoms with E-state index in [9.17, 15) is 0 Å². The van der Waals surface area contributed by atoms with Crippen molar-refractivity contribution in [1.29, 1.82) is 0 Å². The molecule has 2 aliphatic rings. The molecule has 2 aromatic carbocycles. The van der Waals surface area contributed by atoms with E-state index in [0.717, 1.165) is 12.8 Å². The van der Waals surface area contributed by atoms with Crippen LogP contribution in [0.25, 0.3) is 0 Å². The first-order chi connectivity index (χ1) is 12.2. The maximum absolute atomic E-state index is 3.37. The van der Waals surface area contributed by atoms with Gasteiger partial charge in [0.1, 0.15) is 0 Å². The summed E-state index contributed by atoms with van der Waals surface area (Å²) in [6.45, 7) is 4.60. The monoisotopic (exact) mass is 492 g/mol. The number of aryl methyl sites for hydroxylation is 2. The summed E-state index contributed by atoms with van der Waals surface area (Å²) in [5, 5.41) is 0. The summed E-state index contributed by atoms with van der Waals surface area (Å²) >= 11 is -3.37. The molecule has 124 valence electrons. The summed E-state index contributed by atoms with van der Waals surface area (Å²) in [6, 6.07) is 18.3. The molecule has 0 saturated carbocycles. The standard InChI is InChI=1S/2C7H7.2C5H5.Hf/c2*1-7-5-3-2-4-6-7;2*1-2-4-5-3-1;/h2*2-5H,1H3;2*1-3H,4H2;. The van der Waals surface area contributed by atoms with Crippen molar-refractivity contribution in [3.8, 4) is 0 Å². The van der Waals surface area contributed by atoms with E-state index in [-0.39, 0.29) is 0 Å². The van der Waals surface area contributed by atoms with Gasteiger partial charge in [0, 0.05) is 0 Å². The van der Waals surface area contributed by atoms with Gasteiger partial charge in [0.05, 0.1) is 0 Å². The average molecular weight is 491 g/mol. The van der Waals surface area contributed by atoms with Gasteiger partial charge in [-0.25, -0.2) is 0 Å². The van der Waals surface area contributed by atoms with Crippen molar-refractivity contribution in [3.05, 3.63) is 103 Å². The van der Waals surface area contributed by atoms with E-state index in [4.69, 9.17) is 0 Å². The fourth-order valence-electron chi connectivity index (χ4n) is 4.48. The molecule has 25 heavy (non-hydrogen) atoms. The molecule has 0 bridgehead atoms. The van der Waals surface area contributed by atoms with Crippen molar-refractivity contribution in [2.75, 3.05) is 0 Å². The second-order valence-corrected chi connectivity index (χ2v) is 20.9. The third-order valence-corrected chi connectivity index (χ3v) is 25.0. The van der Waals surface area contributed by atoms with Crippen molar-refractivity contribution in [3.63, 3.8) is 0 Å². The summed E-state index contributed by atoms with van der Waals surface area (Å²) in [4.78, 5) is 0. The second kappa shape index (κ2) is 6.88. The Balaban J connectivity index is 2.09. The first-order valence-corrected chi connectivity index (χ1v) is 16.3. The van der Waals surface area contributed by atoms with Crippen LogP contribution in [0.5, 0.6) is 0 Å². The van der Waals surface area contributed by atoms with Crippen LogP contribution in [0.2, 0.25) is 0 Å². The fourth-order valence-corrected chi connectivity index (χ4v) is 24.8. The van der Waals surface area contributed by atoms with Crippen LogP contribution in [0.1, 0.15) is 24.0 Å². The van der Waals surface area contributed by atoms with Gasteiger partial charge in [-0.05, 0) is 0 Å². The molecule has 0 unspecified atom stereocenters. The molecule has 0 saturated heterocycles. The predicted molar refractivity (Wildman–Crippen MR) is 105 cm³/mol. The Morgan fingerprint density at radius 2 is 1.08 bits per heavy atom. The molecule has 0 atom stereocenters. The zero-order valence-corrected chi connectivity index (χ0v) is 18.6. The summed E-state index contributed by atoms with van der Waals surface area (Å²) in [5.74, 6) is 0. The minimum absolute atomic E-state index is 1.11. The molecular formula is C24H24Hf. The van der Waals surface area contributed by atoms with E-state index in [1.54, 1.807) is 13.3 Å². The van der Waals surface area contributed by atoms with Crippen LogP contribution >= 0.6 is 0 Å². The van der Waals surface area contributed by atoms with Crippen LogP contribution in [0.4, 0.5) is 0 Å². The van der Waals surface area contributed by atoms with Gasteiger partial charge in [-0.2, -0.15) is 0 Å². The summed E-state index contributed by atoms with van der Waals surface area (Å²) in [7, 11) is 0. The van der Waals surface area contributed by atoms with Gasteiger partial charge in [-0.3, -0.25) is 0 Å². The molecule has 0 fully saturated rings. The van der Waals surface area contributed by atoms with Crippen LogP contribution in [0.15, 0.2) is 91.6 Å². The van der Waals surface area contributed by atoms with Gasteiger partial charge < -0.3 is 0 Å². The summed E-state index contributed by atoms with van der Waals surface area (Å²) < 4.78 is 6.67. The summed E-state index contributed by atoms with van der Waals surface area (Å²) in [6.07, 6.45) is 16.3. The molecule has 0 aliphatic heterocycles. The van der Waals surface area contributed by atoms with Crippen LogP contribution < -0.4 is 6.64 Å². The number of hydrogen-bond acceptors (Lipinski definition) is 0. The molecule has 0 N–H and O–H groups in total. The van der Waals surface area contributed by atoms with Crippen LogP contribution in [0, 0.1) is 13.8 Å². The van der Waals surface area contributed by atoms with E-state index in [0.29, 0.717) is 0 Å². The van der Waals surface area contributed by atoms with E-state index in [1.807, 2.05) is 0 Å². The van der Waals surface area contributed by atoms with E-state index < -0.39 is 20.0 Å². The Labute approximate surface area is 155 Å². The second-order valence-electron chi connectivity index (χ2n) is 7.03. The molecule has 2 aliphatic carbocycles. The molecule has 2 aromatic rings. The van der Waals surface area contributed by atoms with Gasteiger partial charge in [-0.15, -0.1) is 0 Å². The average Bonchev–Trinajstić information content (AvgIpc) is 3.33. The van der Waals surface area contributed by atoms with Gasteiger partial charge in [0.15, 0.2) is 0 Å². The van der Waals surface area contributed by atoms with E-state index in [2.05, 4.69) is 98.8 Å². The topological polar surface area (TPSA) is 0 Å². The van der Waals surface area contributed by atoms with Crippen LogP contribution in [-0.4, -0.2) is 0 Å². The van der Waals surface area contributed by atoms with Gasteiger partial charge >= 0.3 is 156 Å². The van der Waals surface area contributed by atoms with Gasteiger partial charge in [0.2, 0.25) is 0 Å². The fraction of sp³-hybridized carbons (Fsp3) is 0.167. The van der Waals surface area contributed by atoms with Crippen LogP contribution in [-0.2, 0) is 20.0 Å². The van der Waals surface area contributed by atoms with Crippen LogP contribution in [0.3, 0.4) is 0 Å². The molecule has 4 rings (SSSR count). The number of allylic oxidation sites excluding steroid dienone is 8. The Kier molecular flexibility index (Phi) is 4.60. The molecule has 0 aromatic heterocycles. The third kappa shape index (κ3) is 2.69.